The minimum atomic E-state index is -0.700. The summed E-state index contributed by atoms with van der Waals surface area (Å²) >= 11 is 29.5. The molecule has 0 aromatic heterocycles. The molecule has 0 spiro atoms. The van der Waals surface area contributed by atoms with Crippen molar-refractivity contribution in [3.8, 4) is 0 Å². The van der Waals surface area contributed by atoms with Gasteiger partial charge in [0.2, 0.25) is 0 Å². The number of carbonyl (C=O) groups is 2. The van der Waals surface area contributed by atoms with Crippen LogP contribution in [0.1, 0.15) is 10.4 Å². The summed E-state index contributed by atoms with van der Waals surface area (Å²) in [5.41, 5.74) is 0.261. The number of rotatable bonds is 4. The maximum atomic E-state index is 11.9. The number of hydrogen-bond acceptors (Lipinski definition) is 3. The fraction of sp³-hybridized carbons (Fsp3) is 0.0667. The summed E-state index contributed by atoms with van der Waals surface area (Å²) in [5.74, 6) is -1.36. The highest BCUT2D eigenvalue weighted by Crippen LogP contribution is 2.40. The molecule has 2 aromatic rings. The van der Waals surface area contributed by atoms with E-state index in [9.17, 15) is 9.59 Å². The number of halogens is 5. The van der Waals surface area contributed by atoms with Gasteiger partial charge in [-0.2, -0.15) is 0 Å². The predicted molar refractivity (Wildman–Crippen MR) is 96.8 cm³/mol. The second-order valence-electron chi connectivity index (χ2n) is 4.48. The molecule has 4 nitrogen and oxygen atoms in total. The third kappa shape index (κ3) is 4.68. The molecule has 0 heterocycles. The first-order valence-corrected chi connectivity index (χ1v) is 8.24. The number of nitrogens with one attached hydrogen (secondary N) is 1. The lowest BCUT2D eigenvalue weighted by Crippen LogP contribution is -2.21. The molecule has 24 heavy (non-hydrogen) atoms. The number of hydrogen-bond donors (Lipinski definition) is 1. The maximum Gasteiger partial charge on any atom is 0.338 e. The zero-order chi connectivity index (χ0) is 17.9. The molecule has 0 saturated carbocycles. The minimum absolute atomic E-state index is 0.0283. The Morgan fingerprint density at radius 1 is 0.958 bits per heavy atom. The van der Waals surface area contributed by atoms with Crippen molar-refractivity contribution in [3.63, 3.8) is 0 Å². The smallest absolute Gasteiger partial charge is 0.338 e. The summed E-state index contributed by atoms with van der Waals surface area (Å²) in [6.07, 6.45) is 0. The van der Waals surface area contributed by atoms with Gasteiger partial charge < -0.3 is 10.1 Å². The van der Waals surface area contributed by atoms with Crippen molar-refractivity contribution >= 4 is 75.6 Å². The summed E-state index contributed by atoms with van der Waals surface area (Å²) in [6.45, 7) is -0.553. The van der Waals surface area contributed by atoms with Crippen LogP contribution in [0, 0.1) is 0 Å². The molecule has 0 aliphatic rings. The van der Waals surface area contributed by atoms with E-state index in [1.54, 1.807) is 12.1 Å². The van der Waals surface area contributed by atoms with E-state index >= 15 is 0 Å². The van der Waals surface area contributed by atoms with Gasteiger partial charge in [-0.3, -0.25) is 4.79 Å². The Labute approximate surface area is 162 Å². The van der Waals surface area contributed by atoms with Crippen molar-refractivity contribution in [2.75, 3.05) is 11.9 Å². The number of esters is 1. The van der Waals surface area contributed by atoms with Crippen molar-refractivity contribution in [1.82, 2.24) is 0 Å². The van der Waals surface area contributed by atoms with Gasteiger partial charge in [0.1, 0.15) is 0 Å². The summed E-state index contributed by atoms with van der Waals surface area (Å²) in [4.78, 5) is 23.8. The third-order valence-corrected chi connectivity index (χ3v) is 4.58. The minimum Gasteiger partial charge on any atom is -0.452 e. The van der Waals surface area contributed by atoms with Crippen LogP contribution in [0.15, 0.2) is 30.3 Å². The number of carbonyl (C=O) groups excluding carboxylic acids is 2. The number of anilines is 1. The molecule has 1 N–H and O–H groups in total. The molecule has 1 amide bonds. The zero-order valence-electron chi connectivity index (χ0n) is 11.7. The van der Waals surface area contributed by atoms with Gasteiger partial charge in [-0.15, -0.1) is 0 Å². The Balaban J connectivity index is 2.03. The monoisotopic (exact) mass is 425 g/mol. The van der Waals surface area contributed by atoms with Crippen molar-refractivity contribution in [2.24, 2.45) is 0 Å². The van der Waals surface area contributed by atoms with Gasteiger partial charge in [0.25, 0.3) is 5.91 Å². The van der Waals surface area contributed by atoms with Gasteiger partial charge in [0.15, 0.2) is 6.61 Å². The number of amides is 1. The summed E-state index contributed by atoms with van der Waals surface area (Å²) in [5, 5.41) is 3.08. The Bertz CT molecular complexity index is 784. The SMILES string of the molecule is O=C(COC(=O)c1cccc(Cl)c1)Nc1c(Cl)c(Cl)cc(Cl)c1Cl. The van der Waals surface area contributed by atoms with Gasteiger partial charge in [-0.05, 0) is 24.3 Å². The van der Waals surface area contributed by atoms with Crippen LogP contribution in [0.3, 0.4) is 0 Å². The molecule has 2 rings (SSSR count). The van der Waals surface area contributed by atoms with Crippen molar-refractivity contribution in [2.45, 2.75) is 0 Å². The van der Waals surface area contributed by atoms with Crippen LogP contribution >= 0.6 is 58.0 Å². The Morgan fingerprint density at radius 3 is 2.17 bits per heavy atom. The van der Waals surface area contributed by atoms with E-state index in [4.69, 9.17) is 62.7 Å². The highest BCUT2D eigenvalue weighted by atomic mass is 35.5. The normalized spacial score (nSPS) is 10.4. The first kappa shape index (κ1) is 19.2. The summed E-state index contributed by atoms with van der Waals surface area (Å²) in [7, 11) is 0. The molecule has 0 unspecified atom stereocenters. The lowest BCUT2D eigenvalue weighted by molar-refractivity contribution is -0.119. The molecule has 0 aliphatic carbocycles. The molecule has 0 saturated heterocycles. The van der Waals surface area contributed by atoms with Crippen molar-refractivity contribution in [1.29, 1.82) is 0 Å². The molecule has 2 aromatic carbocycles. The Morgan fingerprint density at radius 2 is 1.58 bits per heavy atom. The van der Waals surface area contributed by atoms with E-state index in [1.165, 1.54) is 18.2 Å². The number of ether oxygens (including phenoxy) is 1. The Hall–Kier alpha value is -1.17. The lowest BCUT2D eigenvalue weighted by atomic mass is 10.2. The first-order chi connectivity index (χ1) is 11.3. The predicted octanol–water partition coefficient (Wildman–Crippen LogP) is 5.75. The van der Waals surface area contributed by atoms with Gasteiger partial charge in [0, 0.05) is 5.02 Å². The first-order valence-electron chi connectivity index (χ1n) is 6.35. The largest absolute Gasteiger partial charge is 0.452 e. The average Bonchev–Trinajstić information content (AvgIpc) is 2.54. The second-order valence-corrected chi connectivity index (χ2v) is 6.48. The highest BCUT2D eigenvalue weighted by molar-refractivity contribution is 6.50. The topological polar surface area (TPSA) is 55.4 Å². The van der Waals surface area contributed by atoms with E-state index in [0.29, 0.717) is 5.02 Å². The quantitative estimate of drug-likeness (QED) is 0.499. The Kier molecular flexibility index (Phi) is 6.61. The molecule has 0 atom stereocenters. The molecule has 126 valence electrons. The van der Waals surface area contributed by atoms with E-state index in [-0.39, 0.29) is 31.3 Å². The number of benzene rings is 2. The van der Waals surface area contributed by atoms with E-state index in [1.807, 2.05) is 0 Å². The fourth-order valence-electron chi connectivity index (χ4n) is 1.69. The van der Waals surface area contributed by atoms with E-state index < -0.39 is 18.5 Å². The van der Waals surface area contributed by atoms with Crippen LogP contribution in [0.4, 0.5) is 5.69 Å². The highest BCUT2D eigenvalue weighted by Gasteiger charge is 2.17. The zero-order valence-corrected chi connectivity index (χ0v) is 15.5. The van der Waals surface area contributed by atoms with Gasteiger partial charge in [-0.25, -0.2) is 4.79 Å². The van der Waals surface area contributed by atoms with Crippen LogP contribution in [0.5, 0.6) is 0 Å². The average molecular weight is 427 g/mol. The van der Waals surface area contributed by atoms with Crippen LogP contribution < -0.4 is 5.32 Å². The van der Waals surface area contributed by atoms with Gasteiger partial charge in [-0.1, -0.05) is 64.1 Å². The van der Waals surface area contributed by atoms with Crippen LogP contribution in [0.25, 0.3) is 0 Å². The van der Waals surface area contributed by atoms with Crippen molar-refractivity contribution < 1.29 is 14.3 Å². The molecule has 9 heteroatoms. The van der Waals surface area contributed by atoms with Gasteiger partial charge >= 0.3 is 5.97 Å². The van der Waals surface area contributed by atoms with Crippen LogP contribution in [-0.2, 0) is 9.53 Å². The van der Waals surface area contributed by atoms with Crippen LogP contribution in [-0.4, -0.2) is 18.5 Å². The van der Waals surface area contributed by atoms with Gasteiger partial charge in [0.05, 0.1) is 31.3 Å². The molecular weight excluding hydrogens is 419 g/mol. The van der Waals surface area contributed by atoms with Crippen LogP contribution in [0.2, 0.25) is 25.1 Å². The molecule has 0 aliphatic heterocycles. The molecule has 0 fully saturated rings. The summed E-state index contributed by atoms with van der Waals surface area (Å²) in [6, 6.07) is 7.48. The molecular formula is C15H8Cl5NO3. The maximum absolute atomic E-state index is 11.9. The van der Waals surface area contributed by atoms with E-state index in [2.05, 4.69) is 5.32 Å². The summed E-state index contributed by atoms with van der Waals surface area (Å²) < 4.78 is 4.90. The van der Waals surface area contributed by atoms with E-state index in [0.717, 1.165) is 0 Å². The molecule has 0 bridgehead atoms. The fourth-order valence-corrected chi connectivity index (χ4v) is 2.78. The lowest BCUT2D eigenvalue weighted by Gasteiger charge is -2.12. The third-order valence-electron chi connectivity index (χ3n) is 2.77. The van der Waals surface area contributed by atoms with Crippen molar-refractivity contribution in [3.05, 3.63) is 61.0 Å². The standard InChI is InChI=1S/C15H8Cl5NO3/c16-8-3-1-2-7(4-8)15(23)24-6-11(22)21-14-12(19)9(17)5-10(18)13(14)20/h1-5H,6H2,(H,21,22). The second kappa shape index (κ2) is 8.28. The molecule has 0 radical (unpaired) electrons.